The van der Waals surface area contributed by atoms with Crippen molar-refractivity contribution in [1.82, 2.24) is 0 Å². The number of ether oxygens (including phenoxy) is 2. The second-order valence-electron chi connectivity index (χ2n) is 5.32. The summed E-state index contributed by atoms with van der Waals surface area (Å²) in [6.45, 7) is 5.05. The molecule has 1 fully saturated rings. The number of hydrogen-bond donors (Lipinski definition) is 0. The summed E-state index contributed by atoms with van der Waals surface area (Å²) < 4.78 is 24.2. The monoisotopic (exact) mass is 292 g/mol. The summed E-state index contributed by atoms with van der Waals surface area (Å²) in [5.74, 6) is -0.584. The summed E-state index contributed by atoms with van der Waals surface area (Å²) in [6.07, 6.45) is 4.75. The van der Waals surface area contributed by atoms with E-state index in [2.05, 4.69) is 0 Å². The van der Waals surface area contributed by atoms with Crippen molar-refractivity contribution in [1.29, 1.82) is 0 Å². The highest BCUT2D eigenvalue weighted by Gasteiger charge is 2.32. The number of rotatable bonds is 4. The lowest BCUT2D eigenvalue weighted by Crippen LogP contribution is -2.32. The zero-order valence-corrected chi connectivity index (χ0v) is 12.5. The summed E-state index contributed by atoms with van der Waals surface area (Å²) in [4.78, 5) is 11.6. The first-order valence-electron chi connectivity index (χ1n) is 7.28. The molecule has 1 saturated heterocycles. The number of carbonyl (C=O) groups is 1. The van der Waals surface area contributed by atoms with Crippen molar-refractivity contribution >= 4 is 5.97 Å². The Balaban J connectivity index is 2.32. The van der Waals surface area contributed by atoms with Gasteiger partial charge < -0.3 is 9.47 Å². The molecule has 0 saturated carbocycles. The van der Waals surface area contributed by atoms with Crippen LogP contribution in [0.4, 0.5) is 4.39 Å². The van der Waals surface area contributed by atoms with E-state index in [9.17, 15) is 9.18 Å². The molecule has 0 spiro atoms. The Bertz CT molecular complexity index is 531. The average Bonchev–Trinajstić information content (AvgIpc) is 2.49. The molecule has 3 nitrogen and oxygen atoms in total. The van der Waals surface area contributed by atoms with Gasteiger partial charge in [-0.15, -0.1) is 0 Å². The summed E-state index contributed by atoms with van der Waals surface area (Å²) in [7, 11) is 0. The van der Waals surface area contributed by atoms with Crippen LogP contribution >= 0.6 is 0 Å². The van der Waals surface area contributed by atoms with E-state index in [0.717, 1.165) is 18.4 Å². The van der Waals surface area contributed by atoms with Crippen molar-refractivity contribution in [2.24, 2.45) is 0 Å². The van der Waals surface area contributed by atoms with Crippen molar-refractivity contribution in [2.45, 2.75) is 32.1 Å². The Morgan fingerprint density at radius 1 is 1.43 bits per heavy atom. The number of halogens is 1. The Morgan fingerprint density at radius 2 is 2.14 bits per heavy atom. The molecule has 1 aliphatic rings. The smallest absolute Gasteiger partial charge is 0.330 e. The zero-order valence-electron chi connectivity index (χ0n) is 12.5. The van der Waals surface area contributed by atoms with E-state index >= 15 is 0 Å². The summed E-state index contributed by atoms with van der Waals surface area (Å²) in [5, 5.41) is 0. The Kier molecular flexibility index (Phi) is 5.12. The molecule has 0 bridgehead atoms. The van der Waals surface area contributed by atoms with E-state index in [1.807, 2.05) is 12.1 Å². The maximum absolute atomic E-state index is 13.9. The van der Waals surface area contributed by atoms with Crippen LogP contribution < -0.4 is 0 Å². The number of hydrogen-bond acceptors (Lipinski definition) is 3. The van der Waals surface area contributed by atoms with Gasteiger partial charge in [-0.05, 0) is 43.9 Å². The number of allylic oxidation sites excluding steroid dienone is 1. The van der Waals surface area contributed by atoms with Gasteiger partial charge >= 0.3 is 5.97 Å². The van der Waals surface area contributed by atoms with E-state index in [-0.39, 0.29) is 17.2 Å². The molecular weight excluding hydrogens is 271 g/mol. The highest BCUT2D eigenvalue weighted by Crippen LogP contribution is 2.37. The molecule has 1 heterocycles. The summed E-state index contributed by atoms with van der Waals surface area (Å²) in [6, 6.07) is 5.27. The SMILES string of the molecule is CCOC(=O)C=CC1(c2ccc(C)c(F)c2)CCOCC1. The predicted molar refractivity (Wildman–Crippen MR) is 78.6 cm³/mol. The third-order valence-corrected chi connectivity index (χ3v) is 3.96. The summed E-state index contributed by atoms with van der Waals surface area (Å²) in [5.41, 5.74) is 1.14. The Morgan fingerprint density at radius 3 is 2.76 bits per heavy atom. The molecule has 1 aromatic rings. The van der Waals surface area contributed by atoms with Crippen LogP contribution in [-0.4, -0.2) is 25.8 Å². The van der Waals surface area contributed by atoms with E-state index in [0.29, 0.717) is 25.4 Å². The number of benzene rings is 1. The van der Waals surface area contributed by atoms with Gasteiger partial charge in [0.1, 0.15) is 5.82 Å². The molecule has 0 amide bonds. The van der Waals surface area contributed by atoms with E-state index in [1.165, 1.54) is 6.08 Å². The van der Waals surface area contributed by atoms with E-state index in [1.54, 1.807) is 26.0 Å². The molecule has 4 heteroatoms. The molecule has 0 atom stereocenters. The fourth-order valence-corrected chi connectivity index (χ4v) is 2.61. The molecular formula is C17H21FO3. The highest BCUT2D eigenvalue weighted by molar-refractivity contribution is 5.82. The molecule has 1 aliphatic heterocycles. The molecule has 2 rings (SSSR count). The quantitative estimate of drug-likeness (QED) is 0.631. The lowest BCUT2D eigenvalue weighted by Gasteiger charge is -2.35. The molecule has 21 heavy (non-hydrogen) atoms. The average molecular weight is 292 g/mol. The van der Waals surface area contributed by atoms with Crippen LogP contribution in [0.15, 0.2) is 30.4 Å². The standard InChI is InChI=1S/C17H21FO3/c1-3-21-16(19)6-7-17(8-10-20-11-9-17)14-5-4-13(2)15(18)12-14/h4-7,12H,3,8-11H2,1-2H3. The lowest BCUT2D eigenvalue weighted by atomic mass is 9.73. The summed E-state index contributed by atoms with van der Waals surface area (Å²) >= 11 is 0. The van der Waals surface area contributed by atoms with Crippen LogP contribution in [0.5, 0.6) is 0 Å². The molecule has 0 aliphatic carbocycles. The van der Waals surface area contributed by atoms with Gasteiger partial charge in [-0.2, -0.15) is 0 Å². The fourth-order valence-electron chi connectivity index (χ4n) is 2.61. The number of aryl methyl sites for hydroxylation is 1. The molecule has 114 valence electrons. The van der Waals surface area contributed by atoms with E-state index in [4.69, 9.17) is 9.47 Å². The van der Waals surface area contributed by atoms with Gasteiger partial charge in [0.2, 0.25) is 0 Å². The first-order valence-corrected chi connectivity index (χ1v) is 7.28. The van der Waals surface area contributed by atoms with E-state index < -0.39 is 0 Å². The predicted octanol–water partition coefficient (Wildman–Crippen LogP) is 3.30. The second-order valence-corrected chi connectivity index (χ2v) is 5.32. The van der Waals surface area contributed by atoms with Gasteiger partial charge in [-0.3, -0.25) is 0 Å². The lowest BCUT2D eigenvalue weighted by molar-refractivity contribution is -0.137. The normalized spacial score (nSPS) is 17.9. The van der Waals surface area contributed by atoms with Crippen LogP contribution in [0.25, 0.3) is 0 Å². The third kappa shape index (κ3) is 3.70. The maximum atomic E-state index is 13.9. The van der Waals surface area contributed by atoms with Crippen LogP contribution in [0.2, 0.25) is 0 Å². The van der Waals surface area contributed by atoms with Gasteiger partial charge in [-0.25, -0.2) is 9.18 Å². The number of esters is 1. The van der Waals surface area contributed by atoms with Gasteiger partial charge in [0, 0.05) is 24.7 Å². The van der Waals surface area contributed by atoms with Crippen molar-refractivity contribution in [3.8, 4) is 0 Å². The highest BCUT2D eigenvalue weighted by atomic mass is 19.1. The molecule has 1 aromatic carbocycles. The van der Waals surface area contributed by atoms with Gasteiger partial charge in [0.05, 0.1) is 6.61 Å². The molecule has 0 aromatic heterocycles. The van der Waals surface area contributed by atoms with Crippen molar-refractivity contribution in [2.75, 3.05) is 19.8 Å². The minimum Gasteiger partial charge on any atom is -0.463 e. The fraction of sp³-hybridized carbons (Fsp3) is 0.471. The van der Waals surface area contributed by atoms with Crippen LogP contribution in [0, 0.1) is 12.7 Å². The topological polar surface area (TPSA) is 35.5 Å². The largest absolute Gasteiger partial charge is 0.463 e. The second kappa shape index (κ2) is 6.85. The van der Waals surface area contributed by atoms with Gasteiger partial charge in [0.25, 0.3) is 0 Å². The van der Waals surface area contributed by atoms with Crippen LogP contribution in [0.3, 0.4) is 0 Å². The third-order valence-electron chi connectivity index (χ3n) is 3.96. The van der Waals surface area contributed by atoms with Crippen molar-refractivity contribution in [3.05, 3.63) is 47.3 Å². The molecule has 0 radical (unpaired) electrons. The van der Waals surface area contributed by atoms with Gasteiger partial charge in [0.15, 0.2) is 0 Å². The zero-order chi connectivity index (χ0) is 15.3. The van der Waals surface area contributed by atoms with Crippen molar-refractivity contribution in [3.63, 3.8) is 0 Å². The maximum Gasteiger partial charge on any atom is 0.330 e. The molecule has 0 N–H and O–H groups in total. The first-order chi connectivity index (χ1) is 10.1. The van der Waals surface area contributed by atoms with Crippen LogP contribution in [0.1, 0.15) is 30.9 Å². The number of carbonyl (C=O) groups excluding carboxylic acids is 1. The van der Waals surface area contributed by atoms with Gasteiger partial charge in [-0.1, -0.05) is 18.2 Å². The minimum atomic E-state index is -0.365. The molecule has 0 unspecified atom stereocenters. The minimum absolute atomic E-state index is 0.220. The Labute approximate surface area is 124 Å². The van der Waals surface area contributed by atoms with Crippen LogP contribution in [-0.2, 0) is 19.7 Å². The van der Waals surface area contributed by atoms with Crippen molar-refractivity contribution < 1.29 is 18.7 Å². The Hall–Kier alpha value is -1.68. The first kappa shape index (κ1) is 15.7.